The van der Waals surface area contributed by atoms with Gasteiger partial charge < -0.3 is 46.9 Å². The number of ether oxygens (including phenoxy) is 1. The molecule has 6 amide bonds. The Morgan fingerprint density at radius 1 is 0.694 bits per heavy atom. The summed E-state index contributed by atoms with van der Waals surface area (Å²) in [5, 5.41) is 34.2. The Morgan fingerprint density at radius 3 is 1.81 bits per heavy atom. The van der Waals surface area contributed by atoms with E-state index in [9.17, 15) is 53.4 Å². The zero-order valence-electron chi connectivity index (χ0n) is 36.9. The zero-order valence-corrected chi connectivity index (χ0v) is 36.9. The predicted molar refractivity (Wildman–Crippen MR) is 229 cm³/mol. The van der Waals surface area contributed by atoms with Crippen molar-refractivity contribution in [3.8, 4) is 5.75 Å². The minimum atomic E-state index is -1.58. The van der Waals surface area contributed by atoms with E-state index in [-0.39, 0.29) is 30.5 Å². The van der Waals surface area contributed by atoms with Gasteiger partial charge in [-0.1, -0.05) is 78.5 Å². The number of nitrogens with one attached hydrogen (secondary N) is 6. The highest BCUT2D eigenvalue weighted by Crippen LogP contribution is 2.27. The molecule has 1 aliphatic rings. The van der Waals surface area contributed by atoms with Crippen LogP contribution in [0.5, 0.6) is 5.75 Å². The smallest absolute Gasteiger partial charge is 0.305 e. The summed E-state index contributed by atoms with van der Waals surface area (Å²) in [6.07, 6.45) is 5.96. The van der Waals surface area contributed by atoms with Gasteiger partial charge in [0.2, 0.25) is 35.4 Å². The Balaban J connectivity index is 2.35. The highest BCUT2D eigenvalue weighted by atomic mass is 16.5. The lowest BCUT2D eigenvalue weighted by Gasteiger charge is -2.33. The maximum atomic E-state index is 14.2. The van der Waals surface area contributed by atoms with Crippen molar-refractivity contribution in [3.05, 3.63) is 35.9 Å². The van der Waals surface area contributed by atoms with E-state index in [2.05, 4.69) is 31.9 Å². The molecule has 0 spiro atoms. The molecular formula is C44H66N6O12. The van der Waals surface area contributed by atoms with E-state index in [1.54, 1.807) is 65.1 Å². The molecule has 62 heavy (non-hydrogen) atoms. The second-order valence-corrected chi connectivity index (χ2v) is 16.3. The van der Waals surface area contributed by atoms with Crippen LogP contribution in [-0.4, -0.2) is 107 Å². The van der Waals surface area contributed by atoms with Gasteiger partial charge in [-0.15, -0.1) is 0 Å². The fraction of sp³-hybridized carbons (Fsp3) is 0.614. The van der Waals surface area contributed by atoms with Crippen molar-refractivity contribution in [2.75, 3.05) is 7.11 Å². The second kappa shape index (κ2) is 26.5. The molecule has 344 valence electrons. The number of rotatable bonds is 26. The minimum Gasteiger partial charge on any atom is -0.497 e. The molecule has 18 heteroatoms. The number of ketones is 1. The number of carboxylic acid groups (broad SMARTS) is 2. The summed E-state index contributed by atoms with van der Waals surface area (Å²) < 4.78 is 5.19. The van der Waals surface area contributed by atoms with Gasteiger partial charge in [0.1, 0.15) is 36.0 Å². The highest BCUT2D eigenvalue weighted by Gasteiger charge is 2.38. The van der Waals surface area contributed by atoms with Gasteiger partial charge in [0.15, 0.2) is 5.78 Å². The number of methoxy groups -OCH3 is 1. The van der Waals surface area contributed by atoms with Crippen LogP contribution in [0.15, 0.2) is 30.3 Å². The molecule has 1 saturated carbocycles. The number of aliphatic carboxylic acids is 2. The van der Waals surface area contributed by atoms with Crippen LogP contribution in [0.2, 0.25) is 0 Å². The van der Waals surface area contributed by atoms with Crippen LogP contribution >= 0.6 is 0 Å². The molecule has 1 fully saturated rings. The molecule has 0 heterocycles. The molecular weight excluding hydrogens is 805 g/mol. The maximum Gasteiger partial charge on any atom is 0.305 e. The monoisotopic (exact) mass is 870 g/mol. The maximum absolute atomic E-state index is 14.2. The van der Waals surface area contributed by atoms with E-state index in [4.69, 9.17) is 4.74 Å². The molecule has 2 rings (SSSR count). The van der Waals surface area contributed by atoms with E-state index >= 15 is 0 Å². The Labute approximate surface area is 363 Å². The average molecular weight is 871 g/mol. The number of hydrogen-bond donors (Lipinski definition) is 8. The van der Waals surface area contributed by atoms with Crippen LogP contribution in [0.1, 0.15) is 118 Å². The van der Waals surface area contributed by atoms with Crippen molar-refractivity contribution < 1.29 is 58.1 Å². The number of amides is 6. The van der Waals surface area contributed by atoms with E-state index < -0.39 is 109 Å². The molecule has 8 N–H and O–H groups in total. The highest BCUT2D eigenvalue weighted by molar-refractivity contribution is 6.01. The lowest BCUT2D eigenvalue weighted by Crippen LogP contribution is -2.61. The molecule has 7 atom stereocenters. The third kappa shape index (κ3) is 18.0. The second-order valence-electron chi connectivity index (χ2n) is 16.3. The largest absolute Gasteiger partial charge is 0.497 e. The topological polar surface area (TPSA) is 276 Å². The Kier molecular flexibility index (Phi) is 22.4. The number of carbonyl (C=O) groups is 9. The van der Waals surface area contributed by atoms with Crippen LogP contribution in [0, 0.1) is 17.8 Å². The van der Waals surface area contributed by atoms with Crippen molar-refractivity contribution in [3.63, 3.8) is 0 Å². The van der Waals surface area contributed by atoms with Crippen LogP contribution in [0.3, 0.4) is 0 Å². The molecule has 0 unspecified atom stereocenters. The lowest BCUT2D eigenvalue weighted by molar-refractivity contribution is -0.141. The van der Waals surface area contributed by atoms with Gasteiger partial charge in [0.25, 0.3) is 0 Å². The SMILES string of the molecule is CC[C@H](NC(=O)[C@@H](NC(=O)[C@@H](NC(=O)[C@H](CC(C)C)NC(=O)[C@@H](CCC(=O)O)NC(=O)[C@H](CC(=O)O)NC(C)=O)[C@@H](C)CC)C1CCCCC1)C(=O)/C=C/c1ccc(OC)cc1. The zero-order chi connectivity index (χ0) is 46.5. The summed E-state index contributed by atoms with van der Waals surface area (Å²) in [7, 11) is 1.55. The summed E-state index contributed by atoms with van der Waals surface area (Å²) in [4.78, 5) is 117. The third-order valence-corrected chi connectivity index (χ3v) is 10.8. The summed E-state index contributed by atoms with van der Waals surface area (Å²) in [6.45, 7) is 9.98. The average Bonchev–Trinajstić information content (AvgIpc) is 3.23. The van der Waals surface area contributed by atoms with Gasteiger partial charge in [0.05, 0.1) is 19.6 Å². The molecule has 1 aromatic carbocycles. The van der Waals surface area contributed by atoms with Gasteiger partial charge in [-0.2, -0.15) is 0 Å². The van der Waals surface area contributed by atoms with Crippen molar-refractivity contribution in [2.24, 2.45) is 17.8 Å². The molecule has 0 saturated heterocycles. The van der Waals surface area contributed by atoms with Gasteiger partial charge in [-0.05, 0) is 73.6 Å². The van der Waals surface area contributed by atoms with E-state index in [0.717, 1.165) is 31.7 Å². The van der Waals surface area contributed by atoms with Crippen molar-refractivity contribution in [1.29, 1.82) is 0 Å². The summed E-state index contributed by atoms with van der Waals surface area (Å²) >= 11 is 0. The van der Waals surface area contributed by atoms with Crippen molar-refractivity contribution >= 4 is 59.2 Å². The normalized spacial score (nSPS) is 16.3. The fourth-order valence-corrected chi connectivity index (χ4v) is 7.12. The molecule has 1 aliphatic carbocycles. The van der Waals surface area contributed by atoms with Crippen molar-refractivity contribution in [2.45, 2.75) is 148 Å². The van der Waals surface area contributed by atoms with E-state index in [1.165, 1.54) is 6.08 Å². The first-order valence-electron chi connectivity index (χ1n) is 21.4. The number of carboxylic acids is 2. The predicted octanol–water partition coefficient (Wildman–Crippen LogP) is 2.63. The number of benzene rings is 1. The van der Waals surface area contributed by atoms with Crippen molar-refractivity contribution in [1.82, 2.24) is 31.9 Å². The molecule has 0 aliphatic heterocycles. The fourth-order valence-electron chi connectivity index (χ4n) is 7.12. The summed E-state index contributed by atoms with van der Waals surface area (Å²) in [5.41, 5.74) is 0.760. The summed E-state index contributed by atoms with van der Waals surface area (Å²) in [6, 6.07) is -0.372. The van der Waals surface area contributed by atoms with Crippen LogP contribution in [-0.2, 0) is 43.2 Å². The van der Waals surface area contributed by atoms with Crippen LogP contribution in [0.4, 0.5) is 0 Å². The number of carbonyl (C=O) groups excluding carboxylic acids is 7. The van der Waals surface area contributed by atoms with Gasteiger partial charge in [-0.25, -0.2) is 0 Å². The first-order chi connectivity index (χ1) is 29.3. The Bertz CT molecular complexity index is 1730. The molecule has 0 aromatic heterocycles. The summed E-state index contributed by atoms with van der Waals surface area (Å²) in [5.74, 6) is -7.90. The van der Waals surface area contributed by atoms with Crippen LogP contribution < -0.4 is 36.6 Å². The van der Waals surface area contributed by atoms with E-state index in [0.29, 0.717) is 25.0 Å². The first kappa shape index (κ1) is 52.3. The third-order valence-electron chi connectivity index (χ3n) is 10.8. The number of hydrogen-bond acceptors (Lipinski definition) is 10. The van der Waals surface area contributed by atoms with Crippen LogP contribution in [0.25, 0.3) is 6.08 Å². The lowest BCUT2D eigenvalue weighted by atomic mass is 9.83. The molecule has 0 bridgehead atoms. The Morgan fingerprint density at radius 2 is 1.27 bits per heavy atom. The quantitative estimate of drug-likeness (QED) is 0.0625. The standard InChI is InChI=1S/C44H66N6O12/c1-8-26(5)38(49-42(59)33(23-25(3)4)48-40(57)32(20-22-36(53)54)47-41(58)34(24-37(55)56)45-27(6)51)43(60)50-39(29-13-11-10-12-14-29)44(61)46-31(9-2)35(52)21-17-28-15-18-30(62-7)19-16-28/h15-19,21,25-26,29,31-34,38-39H,8-14,20,22-24H2,1-7H3,(H,45,51)(H,46,61)(H,47,58)(H,48,57)(H,49,59)(H,50,60)(H,53,54)(H,55,56)/b21-17+/t26-,31-,32+,33-,34-,38-,39-/m0/s1. The molecule has 1 aromatic rings. The van der Waals surface area contributed by atoms with E-state index in [1.807, 2.05) is 6.92 Å². The first-order valence-corrected chi connectivity index (χ1v) is 21.4. The molecule has 18 nitrogen and oxygen atoms in total. The van der Waals surface area contributed by atoms with Gasteiger partial charge in [0, 0.05) is 13.3 Å². The Hall–Kier alpha value is -5.81. The minimum absolute atomic E-state index is 0.0615. The van der Waals surface area contributed by atoms with Gasteiger partial charge in [-0.3, -0.25) is 43.2 Å². The van der Waals surface area contributed by atoms with Gasteiger partial charge >= 0.3 is 11.9 Å². The molecule has 0 radical (unpaired) electrons.